The van der Waals surface area contributed by atoms with E-state index in [0.717, 1.165) is 32.1 Å². The topological polar surface area (TPSA) is 132 Å². The molecule has 1 aromatic carbocycles. The summed E-state index contributed by atoms with van der Waals surface area (Å²) < 4.78 is 28.3. The Morgan fingerprint density at radius 3 is 2.21 bits per heavy atom. The fraction of sp³-hybridized carbons (Fsp3) is 0.667. The molecule has 0 aliphatic carbocycles. The van der Waals surface area contributed by atoms with E-state index in [2.05, 4.69) is 0 Å². The fourth-order valence-corrected chi connectivity index (χ4v) is 4.29. The van der Waals surface area contributed by atoms with Crippen LogP contribution in [0.3, 0.4) is 0 Å². The number of unbranched alkanes of at least 4 members (excludes halogenated alkanes) is 5. The Hall–Kier alpha value is -0.900. The highest BCUT2D eigenvalue weighted by molar-refractivity contribution is 7.47. The molecule has 3 N–H and O–H groups in total. The van der Waals surface area contributed by atoms with E-state index in [1.807, 2.05) is 21.1 Å². The summed E-state index contributed by atoms with van der Waals surface area (Å²) >= 11 is 12.0. The molecule has 0 aliphatic rings. The van der Waals surface area contributed by atoms with Gasteiger partial charge in [-0.1, -0.05) is 48.9 Å². The smallest absolute Gasteiger partial charge is 0.472 e. The second kappa shape index (κ2) is 15.9. The number of benzene rings is 1. The average molecular weight is 532 g/mol. The number of carbonyl (C=O) groups is 1. The summed E-state index contributed by atoms with van der Waals surface area (Å²) in [6, 6.07) is 5.11. The molecule has 2 unspecified atom stereocenters. The molecule has 2 atom stereocenters. The van der Waals surface area contributed by atoms with E-state index < -0.39 is 19.9 Å². The van der Waals surface area contributed by atoms with E-state index in [1.165, 1.54) is 0 Å². The third kappa shape index (κ3) is 16.4. The van der Waals surface area contributed by atoms with Gasteiger partial charge in [-0.05, 0) is 25.0 Å². The highest BCUT2D eigenvalue weighted by Crippen LogP contribution is 2.45. The predicted octanol–water partition coefficient (Wildman–Crippen LogP) is 5.22. The minimum absolute atomic E-state index is 0. The van der Waals surface area contributed by atoms with Crippen molar-refractivity contribution in [2.75, 3.05) is 40.9 Å². The van der Waals surface area contributed by atoms with Gasteiger partial charge in [-0.25, -0.2) is 4.57 Å². The largest absolute Gasteiger partial charge is 0.870 e. The first-order chi connectivity index (χ1) is 14.9. The lowest BCUT2D eigenvalue weighted by Gasteiger charge is -2.29. The monoisotopic (exact) mass is 531 g/mol. The van der Waals surface area contributed by atoms with Gasteiger partial charge in [0.1, 0.15) is 18.4 Å². The first kappa shape index (κ1) is 32.1. The Morgan fingerprint density at radius 2 is 1.64 bits per heavy atom. The third-order valence-electron chi connectivity index (χ3n) is 4.38. The number of hydrogen-bond acceptors (Lipinski definition) is 6. The third-order valence-corrected chi connectivity index (χ3v) is 6.00. The summed E-state index contributed by atoms with van der Waals surface area (Å²) in [6.07, 6.45) is 4.02. The van der Waals surface area contributed by atoms with Crippen LogP contribution in [0.25, 0.3) is 0 Å². The Balaban J connectivity index is 0.0000102. The zero-order chi connectivity index (χ0) is 24.2. The maximum absolute atomic E-state index is 12.1. The normalized spacial score (nSPS) is 14.2. The number of phosphoric acid groups is 1. The van der Waals surface area contributed by atoms with Crippen molar-refractivity contribution in [2.24, 2.45) is 0 Å². The number of rotatable bonds is 17. The minimum Gasteiger partial charge on any atom is -0.870 e. The van der Waals surface area contributed by atoms with Gasteiger partial charge in [-0.2, -0.15) is 0 Å². The number of nitrogens with zero attached hydrogens (tertiary/aromatic N) is 1. The fourth-order valence-electron chi connectivity index (χ4n) is 3.02. The van der Waals surface area contributed by atoms with E-state index in [-0.39, 0.29) is 25.0 Å². The molecule has 0 amide bonds. The lowest BCUT2D eigenvalue weighted by molar-refractivity contribution is -0.873. The maximum Gasteiger partial charge on any atom is 0.472 e. The molecule has 1 aromatic rings. The van der Waals surface area contributed by atoms with Crippen LogP contribution in [0.2, 0.25) is 10.0 Å². The standard InChI is InChI=1S/C21H34Cl2NO7P.H2O/c1-24(2,3)16-18(15-21(25)26)31-32(27,28)30-13-9-7-5-4-6-8-12-29-20-14-17(22)10-11-19(20)23;/h10-11,14,18H,4-9,12-13,15-16H2,1-3H3,(H-,25,26,27,28);1H2. The van der Waals surface area contributed by atoms with Crippen LogP contribution in [-0.4, -0.2) is 72.9 Å². The van der Waals surface area contributed by atoms with Gasteiger partial charge in [0.15, 0.2) is 0 Å². The molecule has 0 saturated heterocycles. The molecular formula is C21H36Cl2NO8P. The minimum atomic E-state index is -4.31. The maximum atomic E-state index is 12.1. The second-order valence-corrected chi connectivity index (χ2v) is 10.9. The van der Waals surface area contributed by atoms with Crippen LogP contribution in [-0.2, 0) is 18.4 Å². The van der Waals surface area contributed by atoms with Gasteiger partial charge in [-0.15, -0.1) is 0 Å². The van der Waals surface area contributed by atoms with Crippen LogP contribution in [0.1, 0.15) is 44.9 Å². The Labute approximate surface area is 206 Å². The first-order valence-corrected chi connectivity index (χ1v) is 12.9. The van der Waals surface area contributed by atoms with Gasteiger partial charge in [0.2, 0.25) is 0 Å². The van der Waals surface area contributed by atoms with Crippen LogP contribution in [0.15, 0.2) is 18.2 Å². The van der Waals surface area contributed by atoms with Gasteiger partial charge < -0.3 is 24.7 Å². The van der Waals surface area contributed by atoms with E-state index in [0.29, 0.717) is 33.3 Å². The molecule has 33 heavy (non-hydrogen) atoms. The van der Waals surface area contributed by atoms with Gasteiger partial charge in [0, 0.05) is 11.1 Å². The molecule has 0 aromatic heterocycles. The van der Waals surface area contributed by atoms with Crippen molar-refractivity contribution in [1.82, 2.24) is 0 Å². The van der Waals surface area contributed by atoms with Gasteiger partial charge in [-0.3, -0.25) is 13.8 Å². The van der Waals surface area contributed by atoms with Gasteiger partial charge in [0.05, 0.1) is 45.8 Å². The van der Waals surface area contributed by atoms with Crippen molar-refractivity contribution in [2.45, 2.75) is 51.0 Å². The number of carboxylic acids is 1. The van der Waals surface area contributed by atoms with E-state index in [4.69, 9.17) is 42.1 Å². The molecule has 0 aliphatic heterocycles. The Kier molecular flexibility index (Phi) is 15.5. The molecule has 1 rings (SSSR count). The van der Waals surface area contributed by atoms with Crippen LogP contribution in [0.4, 0.5) is 0 Å². The van der Waals surface area contributed by atoms with Crippen molar-refractivity contribution in [1.29, 1.82) is 0 Å². The molecule has 0 radical (unpaired) electrons. The number of quaternary nitrogens is 1. The highest BCUT2D eigenvalue weighted by Gasteiger charge is 2.31. The number of ether oxygens (including phenoxy) is 1. The molecule has 0 spiro atoms. The summed E-state index contributed by atoms with van der Waals surface area (Å²) in [5.74, 6) is -0.511. The summed E-state index contributed by atoms with van der Waals surface area (Å²) in [6.45, 7) is 0.904. The Bertz CT molecular complexity index is 760. The number of phosphoric ester groups is 1. The molecule has 192 valence electrons. The summed E-state index contributed by atoms with van der Waals surface area (Å²) in [4.78, 5) is 20.9. The Morgan fingerprint density at radius 1 is 1.06 bits per heavy atom. The van der Waals surface area contributed by atoms with Crippen LogP contribution in [0.5, 0.6) is 5.75 Å². The molecule has 0 bridgehead atoms. The number of aliphatic carboxylic acids is 1. The number of carboxylic acid groups (broad SMARTS) is 1. The lowest BCUT2D eigenvalue weighted by Crippen LogP contribution is -2.42. The van der Waals surface area contributed by atoms with Crippen LogP contribution in [0, 0.1) is 0 Å². The summed E-state index contributed by atoms with van der Waals surface area (Å²) in [5.41, 5.74) is 0. The van der Waals surface area contributed by atoms with E-state index in [9.17, 15) is 14.3 Å². The zero-order valence-electron chi connectivity index (χ0n) is 19.4. The van der Waals surface area contributed by atoms with Crippen molar-refractivity contribution >= 4 is 37.0 Å². The SMILES string of the molecule is C[N+](C)(C)CC(CC(=O)O)OP(=O)(O)OCCCCCCCCOc1cc(Cl)ccc1Cl.[OH-]. The molecule has 9 nitrogen and oxygen atoms in total. The number of hydrogen-bond donors (Lipinski definition) is 2. The van der Waals surface area contributed by atoms with Crippen molar-refractivity contribution < 1.29 is 43.1 Å². The zero-order valence-corrected chi connectivity index (χ0v) is 21.8. The summed E-state index contributed by atoms with van der Waals surface area (Å²) in [7, 11) is 1.23. The molecule has 0 fully saturated rings. The van der Waals surface area contributed by atoms with Gasteiger partial charge >= 0.3 is 13.8 Å². The van der Waals surface area contributed by atoms with E-state index in [1.54, 1.807) is 18.2 Å². The number of likely N-dealkylation sites (N-methyl/N-ethyl adjacent to an activating group) is 1. The average Bonchev–Trinajstić information content (AvgIpc) is 2.63. The van der Waals surface area contributed by atoms with Gasteiger partial charge in [0.25, 0.3) is 0 Å². The second-order valence-electron chi connectivity index (χ2n) is 8.64. The number of halogens is 2. The molecule has 0 heterocycles. The molecular weight excluding hydrogens is 496 g/mol. The van der Waals surface area contributed by atoms with E-state index >= 15 is 0 Å². The lowest BCUT2D eigenvalue weighted by atomic mass is 10.1. The van der Waals surface area contributed by atoms with Crippen molar-refractivity contribution in [3.8, 4) is 5.75 Å². The van der Waals surface area contributed by atoms with Crippen LogP contribution < -0.4 is 4.74 Å². The quantitative estimate of drug-likeness (QED) is 0.159. The molecule has 12 heteroatoms. The van der Waals surface area contributed by atoms with Crippen molar-refractivity contribution in [3.05, 3.63) is 28.2 Å². The summed E-state index contributed by atoms with van der Waals surface area (Å²) in [5, 5.41) is 10.1. The highest BCUT2D eigenvalue weighted by atomic mass is 35.5. The first-order valence-electron chi connectivity index (χ1n) is 10.6. The van der Waals surface area contributed by atoms with Crippen LogP contribution >= 0.6 is 31.0 Å². The molecule has 0 saturated carbocycles. The van der Waals surface area contributed by atoms with Crippen molar-refractivity contribution in [3.63, 3.8) is 0 Å². The predicted molar refractivity (Wildman–Crippen MR) is 127 cm³/mol.